The number of rotatable bonds is 11. The first-order valence-corrected chi connectivity index (χ1v) is 13.0. The van der Waals surface area contributed by atoms with E-state index < -0.39 is 18.6 Å². The van der Waals surface area contributed by atoms with Crippen LogP contribution in [-0.2, 0) is 0 Å². The molecule has 2 aromatic heterocycles. The number of nitrogens with one attached hydrogen (secondary N) is 1. The predicted molar refractivity (Wildman–Crippen MR) is 137 cm³/mol. The van der Waals surface area contributed by atoms with Gasteiger partial charge in [-0.3, -0.25) is 9.20 Å². The third-order valence-electron chi connectivity index (χ3n) is 6.89. The zero-order valence-corrected chi connectivity index (χ0v) is 21.6. The zero-order chi connectivity index (χ0) is 27.5. The molecular weight excluding hydrogens is 514 g/mol. The molecule has 1 aliphatic heterocycles. The molecule has 1 aliphatic carbocycles. The summed E-state index contributed by atoms with van der Waals surface area (Å²) in [7, 11) is 1.36. The molecule has 1 saturated heterocycles. The van der Waals surface area contributed by atoms with Gasteiger partial charge in [-0.2, -0.15) is 8.78 Å². The van der Waals surface area contributed by atoms with Gasteiger partial charge in [0.2, 0.25) is 0 Å². The summed E-state index contributed by atoms with van der Waals surface area (Å²) in [6, 6.07) is 6.41. The van der Waals surface area contributed by atoms with Crippen LogP contribution in [0.3, 0.4) is 0 Å². The van der Waals surface area contributed by atoms with E-state index in [1.54, 1.807) is 35.0 Å². The van der Waals surface area contributed by atoms with E-state index in [0.29, 0.717) is 42.0 Å². The third-order valence-corrected chi connectivity index (χ3v) is 6.89. The normalized spacial score (nSPS) is 17.4. The number of halogens is 2. The molecule has 0 spiro atoms. The fourth-order valence-electron chi connectivity index (χ4n) is 4.71. The number of imidazole rings is 1. The van der Waals surface area contributed by atoms with Crippen molar-refractivity contribution < 1.29 is 38.0 Å². The monoisotopic (exact) mass is 546 g/mol. The number of ether oxygens (including phenoxy) is 3. The van der Waals surface area contributed by atoms with Gasteiger partial charge in [-0.1, -0.05) is 0 Å². The van der Waals surface area contributed by atoms with Crippen molar-refractivity contribution >= 4 is 11.6 Å². The maximum Gasteiger partial charge on any atom is 0.387 e. The van der Waals surface area contributed by atoms with E-state index in [-0.39, 0.29) is 35.8 Å². The number of amides is 1. The Labute approximate surface area is 224 Å². The molecule has 12 heteroatoms. The number of nitrogens with zero attached hydrogens (tertiary/aromatic N) is 3. The second-order valence-corrected chi connectivity index (χ2v) is 9.91. The number of piperidine rings is 1. The summed E-state index contributed by atoms with van der Waals surface area (Å²) in [6.07, 6.45) is 5.41. The third kappa shape index (κ3) is 6.57. The number of aliphatic hydroxyl groups excluding tert-OH is 2. The van der Waals surface area contributed by atoms with E-state index >= 15 is 0 Å². The van der Waals surface area contributed by atoms with Gasteiger partial charge in [-0.25, -0.2) is 4.98 Å². The standard InChI is InChI=1S/C27H32F2N4O6/c1-37-22-10-16(11-23(39-27(28)29)25(22)26(36)31-17-2-3-17)21-13-30-24-12-20(6-9-33(21)24)38-15-19(35)14-32-7-4-18(34)5-8-32/h6,9-13,17-19,27,34-35H,2-5,7-8,14-15H2,1H3,(H,31,36). The molecule has 1 saturated carbocycles. The van der Waals surface area contributed by atoms with Crippen molar-refractivity contribution in [2.45, 2.75) is 50.5 Å². The van der Waals surface area contributed by atoms with Gasteiger partial charge in [0.05, 0.1) is 25.1 Å². The minimum atomic E-state index is -3.13. The number of pyridine rings is 1. The van der Waals surface area contributed by atoms with Crippen LogP contribution in [-0.4, -0.2) is 88.6 Å². The summed E-state index contributed by atoms with van der Waals surface area (Å²) in [5.41, 5.74) is 1.48. The summed E-state index contributed by atoms with van der Waals surface area (Å²) < 4.78 is 44.2. The maximum atomic E-state index is 13.3. The van der Waals surface area contributed by atoms with Gasteiger partial charge < -0.3 is 34.6 Å². The van der Waals surface area contributed by atoms with Crippen LogP contribution in [0.5, 0.6) is 17.2 Å². The minimum Gasteiger partial charge on any atom is -0.496 e. The molecule has 0 bridgehead atoms. The van der Waals surface area contributed by atoms with Crippen molar-refractivity contribution in [1.29, 1.82) is 0 Å². The van der Waals surface area contributed by atoms with Gasteiger partial charge in [-0.15, -0.1) is 0 Å². The summed E-state index contributed by atoms with van der Waals surface area (Å²) in [6.45, 7) is -1.10. The minimum absolute atomic E-state index is 0.0244. The van der Waals surface area contributed by atoms with Gasteiger partial charge in [0, 0.05) is 43.5 Å². The number of carbonyl (C=O) groups excluding carboxylic acids is 1. The molecule has 39 heavy (non-hydrogen) atoms. The number of hydrogen-bond acceptors (Lipinski definition) is 8. The molecule has 1 atom stereocenters. The summed E-state index contributed by atoms with van der Waals surface area (Å²) in [4.78, 5) is 19.3. The Morgan fingerprint density at radius 2 is 1.92 bits per heavy atom. The van der Waals surface area contributed by atoms with Gasteiger partial charge in [-0.05, 0) is 43.9 Å². The predicted octanol–water partition coefficient (Wildman–Crippen LogP) is 2.70. The van der Waals surface area contributed by atoms with Gasteiger partial charge in [0.25, 0.3) is 5.91 Å². The molecule has 1 aromatic carbocycles. The number of β-amino-alcohol motifs (C(OH)–C–C–N with tert-alkyl or cyclic N) is 1. The first-order valence-electron chi connectivity index (χ1n) is 13.0. The van der Waals surface area contributed by atoms with E-state index in [4.69, 9.17) is 14.2 Å². The lowest BCUT2D eigenvalue weighted by Gasteiger charge is -2.30. The molecule has 1 amide bonds. The van der Waals surface area contributed by atoms with Crippen LogP contribution in [0.25, 0.3) is 16.9 Å². The molecule has 5 rings (SSSR count). The molecule has 3 N–H and O–H groups in total. The van der Waals surface area contributed by atoms with Crippen molar-refractivity contribution in [3.63, 3.8) is 0 Å². The zero-order valence-electron chi connectivity index (χ0n) is 21.6. The molecule has 3 aromatic rings. The molecule has 3 heterocycles. The first-order chi connectivity index (χ1) is 18.8. The van der Waals surface area contributed by atoms with E-state index in [1.165, 1.54) is 13.2 Å². The van der Waals surface area contributed by atoms with Gasteiger partial charge in [0.1, 0.15) is 41.2 Å². The quantitative estimate of drug-likeness (QED) is 0.336. The molecule has 2 fully saturated rings. The maximum absolute atomic E-state index is 13.3. The van der Waals surface area contributed by atoms with Crippen molar-refractivity contribution in [3.05, 3.63) is 42.2 Å². The second-order valence-electron chi connectivity index (χ2n) is 9.91. The van der Waals surface area contributed by atoms with Crippen LogP contribution in [0.15, 0.2) is 36.7 Å². The van der Waals surface area contributed by atoms with Crippen LogP contribution in [0.2, 0.25) is 0 Å². The average molecular weight is 547 g/mol. The van der Waals surface area contributed by atoms with E-state index in [9.17, 15) is 23.8 Å². The largest absolute Gasteiger partial charge is 0.496 e. The second kappa shape index (κ2) is 11.7. The molecule has 0 radical (unpaired) electrons. The SMILES string of the molecule is COc1cc(-c2cnc3cc(OCC(O)CN4CCC(O)CC4)ccn23)cc(OC(F)F)c1C(=O)NC1CC1. The van der Waals surface area contributed by atoms with E-state index in [2.05, 4.69) is 15.2 Å². The molecular formula is C27H32F2N4O6. The number of likely N-dealkylation sites (tertiary alicyclic amines) is 1. The fourth-order valence-corrected chi connectivity index (χ4v) is 4.71. The Morgan fingerprint density at radius 1 is 1.18 bits per heavy atom. The molecule has 10 nitrogen and oxygen atoms in total. The number of benzene rings is 1. The Hall–Kier alpha value is -3.48. The summed E-state index contributed by atoms with van der Waals surface area (Å²) >= 11 is 0. The van der Waals surface area contributed by atoms with Crippen molar-refractivity contribution in [2.75, 3.05) is 33.4 Å². The Bertz CT molecular complexity index is 1310. The number of methoxy groups -OCH3 is 1. The topological polar surface area (TPSA) is 118 Å². The first kappa shape index (κ1) is 27.1. The Balaban J connectivity index is 1.33. The lowest BCUT2D eigenvalue weighted by Crippen LogP contribution is -2.41. The highest BCUT2D eigenvalue weighted by atomic mass is 19.3. The lowest BCUT2D eigenvalue weighted by molar-refractivity contribution is -0.0502. The number of aliphatic hydroxyl groups is 2. The van der Waals surface area contributed by atoms with Crippen LogP contribution in [0.4, 0.5) is 8.78 Å². The number of aromatic nitrogens is 2. The van der Waals surface area contributed by atoms with E-state index in [1.807, 2.05) is 0 Å². The number of fused-ring (bicyclic) bond motifs is 1. The van der Waals surface area contributed by atoms with Crippen molar-refractivity contribution in [1.82, 2.24) is 19.6 Å². The van der Waals surface area contributed by atoms with Crippen LogP contribution < -0.4 is 19.5 Å². The Morgan fingerprint density at radius 3 is 2.62 bits per heavy atom. The highest BCUT2D eigenvalue weighted by molar-refractivity contribution is 6.01. The Kier molecular flexibility index (Phi) is 8.15. The highest BCUT2D eigenvalue weighted by Gasteiger charge is 2.29. The highest BCUT2D eigenvalue weighted by Crippen LogP contribution is 2.37. The lowest BCUT2D eigenvalue weighted by atomic mass is 10.1. The van der Waals surface area contributed by atoms with Crippen molar-refractivity contribution in [2.24, 2.45) is 0 Å². The number of hydrogen-bond donors (Lipinski definition) is 3. The molecule has 2 aliphatic rings. The molecule has 210 valence electrons. The van der Waals surface area contributed by atoms with Gasteiger partial charge in [0.15, 0.2) is 0 Å². The smallest absolute Gasteiger partial charge is 0.387 e. The van der Waals surface area contributed by atoms with Crippen molar-refractivity contribution in [3.8, 4) is 28.5 Å². The number of alkyl halides is 2. The van der Waals surface area contributed by atoms with Crippen LogP contribution in [0, 0.1) is 0 Å². The summed E-state index contributed by atoms with van der Waals surface area (Å²) in [5.74, 6) is -0.200. The number of carbonyl (C=O) groups is 1. The molecule has 1 unspecified atom stereocenters. The average Bonchev–Trinajstić information content (AvgIpc) is 3.62. The van der Waals surface area contributed by atoms with Crippen LogP contribution in [0.1, 0.15) is 36.0 Å². The summed E-state index contributed by atoms with van der Waals surface area (Å²) in [5, 5.41) is 22.8. The van der Waals surface area contributed by atoms with E-state index in [0.717, 1.165) is 25.9 Å². The van der Waals surface area contributed by atoms with Crippen LogP contribution >= 0.6 is 0 Å². The fraction of sp³-hybridized carbons (Fsp3) is 0.481. The van der Waals surface area contributed by atoms with Gasteiger partial charge >= 0.3 is 6.61 Å².